The van der Waals surface area contributed by atoms with E-state index in [4.69, 9.17) is 14.2 Å². The molecule has 2 rings (SSSR count). The molecule has 2 aromatic rings. The highest BCUT2D eigenvalue weighted by Crippen LogP contribution is 2.29. The minimum Gasteiger partial charge on any atom is -0.497 e. The number of carbonyl (C=O) groups is 2. The Morgan fingerprint density at radius 1 is 1.00 bits per heavy atom. The fourth-order valence-electron chi connectivity index (χ4n) is 2.24. The summed E-state index contributed by atoms with van der Waals surface area (Å²) in [5, 5.41) is 2.46. The number of hydrogen-bond donors (Lipinski definition) is 1. The van der Waals surface area contributed by atoms with E-state index in [1.807, 2.05) is 0 Å². The summed E-state index contributed by atoms with van der Waals surface area (Å²) in [4.78, 5) is 23.9. The van der Waals surface area contributed by atoms with Crippen LogP contribution in [0.5, 0.6) is 11.5 Å². The molecule has 0 bridgehead atoms. The van der Waals surface area contributed by atoms with Crippen molar-refractivity contribution in [3.63, 3.8) is 0 Å². The first-order chi connectivity index (χ1) is 13.2. The molecular formula is C19H18F3NO5. The summed E-state index contributed by atoms with van der Waals surface area (Å²) in [5.41, 5.74) is -0.173. The number of amides is 1. The summed E-state index contributed by atoms with van der Waals surface area (Å²) in [5.74, 6) is -0.637. The van der Waals surface area contributed by atoms with Gasteiger partial charge in [-0.1, -0.05) is 12.1 Å². The van der Waals surface area contributed by atoms with Crippen molar-refractivity contribution in [3.8, 4) is 11.5 Å². The number of halogens is 3. The van der Waals surface area contributed by atoms with Crippen LogP contribution < -0.4 is 14.8 Å². The Morgan fingerprint density at radius 3 is 2.25 bits per heavy atom. The number of esters is 1. The minimum atomic E-state index is -4.42. The van der Waals surface area contributed by atoms with Crippen molar-refractivity contribution >= 4 is 11.9 Å². The first-order valence-electron chi connectivity index (χ1n) is 8.06. The third-order valence-corrected chi connectivity index (χ3v) is 3.73. The van der Waals surface area contributed by atoms with Gasteiger partial charge in [0, 0.05) is 12.6 Å². The SMILES string of the molecule is COc1ccc(C(=O)OCC(=O)NCc2ccc(C(F)(F)F)cc2)c(OC)c1. The van der Waals surface area contributed by atoms with Gasteiger partial charge >= 0.3 is 12.1 Å². The molecule has 0 aliphatic rings. The molecule has 28 heavy (non-hydrogen) atoms. The Morgan fingerprint density at radius 2 is 1.68 bits per heavy atom. The molecule has 9 heteroatoms. The maximum absolute atomic E-state index is 12.5. The third-order valence-electron chi connectivity index (χ3n) is 3.73. The van der Waals surface area contributed by atoms with Gasteiger partial charge in [-0.25, -0.2) is 4.79 Å². The lowest BCUT2D eigenvalue weighted by Gasteiger charge is -2.11. The minimum absolute atomic E-state index is 0.000375. The smallest absolute Gasteiger partial charge is 0.416 e. The van der Waals surface area contributed by atoms with E-state index in [9.17, 15) is 22.8 Å². The number of rotatable bonds is 7. The quantitative estimate of drug-likeness (QED) is 0.727. The van der Waals surface area contributed by atoms with Crippen LogP contribution in [0.2, 0.25) is 0 Å². The van der Waals surface area contributed by atoms with Gasteiger partial charge in [-0.2, -0.15) is 13.2 Å². The Balaban J connectivity index is 1.86. The van der Waals surface area contributed by atoms with Crippen LogP contribution in [0.3, 0.4) is 0 Å². The number of carbonyl (C=O) groups excluding carboxylic acids is 2. The Bertz CT molecular complexity index is 834. The van der Waals surface area contributed by atoms with E-state index < -0.39 is 30.2 Å². The topological polar surface area (TPSA) is 73.9 Å². The zero-order chi connectivity index (χ0) is 20.7. The fraction of sp³-hybridized carbons (Fsp3) is 0.263. The van der Waals surface area contributed by atoms with Crippen LogP contribution in [0.4, 0.5) is 13.2 Å². The lowest BCUT2D eigenvalue weighted by molar-refractivity contribution is -0.137. The zero-order valence-electron chi connectivity index (χ0n) is 15.1. The average Bonchev–Trinajstić information content (AvgIpc) is 2.69. The maximum Gasteiger partial charge on any atom is 0.416 e. The number of benzene rings is 2. The number of nitrogens with one attached hydrogen (secondary N) is 1. The zero-order valence-corrected chi connectivity index (χ0v) is 15.1. The van der Waals surface area contributed by atoms with Crippen LogP contribution in [-0.4, -0.2) is 32.7 Å². The molecule has 1 amide bonds. The molecule has 6 nitrogen and oxygen atoms in total. The predicted molar refractivity (Wildman–Crippen MR) is 93.1 cm³/mol. The van der Waals surface area contributed by atoms with Gasteiger partial charge in [0.05, 0.1) is 19.8 Å². The van der Waals surface area contributed by atoms with Crippen molar-refractivity contribution in [2.75, 3.05) is 20.8 Å². The Labute approximate surface area is 159 Å². The van der Waals surface area contributed by atoms with Gasteiger partial charge in [-0.3, -0.25) is 4.79 Å². The number of ether oxygens (including phenoxy) is 3. The normalized spacial score (nSPS) is 10.9. The molecule has 2 aromatic carbocycles. The van der Waals surface area contributed by atoms with Crippen LogP contribution in [0.15, 0.2) is 42.5 Å². The van der Waals surface area contributed by atoms with Gasteiger partial charge < -0.3 is 19.5 Å². The molecule has 0 fully saturated rings. The van der Waals surface area contributed by atoms with Crippen LogP contribution in [0.1, 0.15) is 21.5 Å². The molecule has 0 aliphatic heterocycles. The van der Waals surface area contributed by atoms with Crippen LogP contribution in [-0.2, 0) is 22.3 Å². The van der Waals surface area contributed by atoms with Gasteiger partial charge in [0.25, 0.3) is 5.91 Å². The van der Waals surface area contributed by atoms with Crippen molar-refractivity contribution in [2.24, 2.45) is 0 Å². The summed E-state index contributed by atoms with van der Waals surface area (Å²) in [6.45, 7) is -0.547. The van der Waals surface area contributed by atoms with Crippen molar-refractivity contribution in [2.45, 2.75) is 12.7 Å². The Hall–Kier alpha value is -3.23. The predicted octanol–water partition coefficient (Wildman–Crippen LogP) is 3.20. The molecule has 0 heterocycles. The fourth-order valence-corrected chi connectivity index (χ4v) is 2.24. The molecule has 0 atom stereocenters. The van der Waals surface area contributed by atoms with E-state index in [0.717, 1.165) is 12.1 Å². The molecule has 1 N–H and O–H groups in total. The third kappa shape index (κ3) is 5.63. The lowest BCUT2D eigenvalue weighted by atomic mass is 10.1. The van der Waals surface area contributed by atoms with Crippen molar-refractivity contribution in [1.82, 2.24) is 5.32 Å². The number of hydrogen-bond acceptors (Lipinski definition) is 5. The van der Waals surface area contributed by atoms with Gasteiger partial charge in [-0.05, 0) is 29.8 Å². The molecular weight excluding hydrogens is 379 g/mol. The second-order valence-electron chi connectivity index (χ2n) is 5.61. The Kier molecular flexibility index (Phi) is 6.86. The average molecular weight is 397 g/mol. The highest BCUT2D eigenvalue weighted by molar-refractivity contribution is 5.94. The first-order valence-corrected chi connectivity index (χ1v) is 8.06. The highest BCUT2D eigenvalue weighted by atomic mass is 19.4. The first kappa shape index (κ1) is 21.1. The number of methoxy groups -OCH3 is 2. The van der Waals surface area contributed by atoms with E-state index in [2.05, 4.69) is 5.32 Å². The maximum atomic E-state index is 12.5. The van der Waals surface area contributed by atoms with E-state index >= 15 is 0 Å². The summed E-state index contributed by atoms with van der Waals surface area (Å²) in [6.07, 6.45) is -4.42. The van der Waals surface area contributed by atoms with Crippen LogP contribution in [0, 0.1) is 0 Å². The van der Waals surface area contributed by atoms with Crippen molar-refractivity contribution < 1.29 is 37.0 Å². The summed E-state index contributed by atoms with van der Waals surface area (Å²) in [6, 6.07) is 8.87. The molecule has 0 spiro atoms. The molecule has 0 saturated carbocycles. The second-order valence-corrected chi connectivity index (χ2v) is 5.61. The summed E-state index contributed by atoms with van der Waals surface area (Å²) in [7, 11) is 2.84. The monoisotopic (exact) mass is 397 g/mol. The second kappa shape index (κ2) is 9.12. The van der Waals surface area contributed by atoms with E-state index in [0.29, 0.717) is 11.3 Å². The highest BCUT2D eigenvalue weighted by Gasteiger charge is 2.29. The number of alkyl halides is 3. The lowest BCUT2D eigenvalue weighted by Crippen LogP contribution is -2.28. The van der Waals surface area contributed by atoms with E-state index in [1.54, 1.807) is 6.07 Å². The van der Waals surface area contributed by atoms with Crippen LogP contribution >= 0.6 is 0 Å². The van der Waals surface area contributed by atoms with Gasteiger partial charge in [0.2, 0.25) is 0 Å². The van der Waals surface area contributed by atoms with Gasteiger partial charge in [-0.15, -0.1) is 0 Å². The van der Waals surface area contributed by atoms with Crippen molar-refractivity contribution in [3.05, 3.63) is 59.2 Å². The van der Waals surface area contributed by atoms with Crippen LogP contribution in [0.25, 0.3) is 0 Å². The van der Waals surface area contributed by atoms with Crippen molar-refractivity contribution in [1.29, 1.82) is 0 Å². The van der Waals surface area contributed by atoms with E-state index in [-0.39, 0.29) is 17.9 Å². The van der Waals surface area contributed by atoms with Gasteiger partial charge in [0.15, 0.2) is 6.61 Å². The van der Waals surface area contributed by atoms with E-state index in [1.165, 1.54) is 38.5 Å². The molecule has 0 radical (unpaired) electrons. The molecule has 0 unspecified atom stereocenters. The molecule has 0 saturated heterocycles. The molecule has 0 aromatic heterocycles. The summed E-state index contributed by atoms with van der Waals surface area (Å²) < 4.78 is 52.6. The summed E-state index contributed by atoms with van der Waals surface area (Å²) >= 11 is 0. The molecule has 150 valence electrons. The van der Waals surface area contributed by atoms with Gasteiger partial charge in [0.1, 0.15) is 17.1 Å². The standard InChI is InChI=1S/C19H18F3NO5/c1-26-14-7-8-15(16(9-14)27-2)18(25)28-11-17(24)23-10-12-3-5-13(6-4-12)19(20,21)22/h3-9H,10-11H2,1-2H3,(H,23,24). The molecule has 0 aliphatic carbocycles. The largest absolute Gasteiger partial charge is 0.497 e.